The fourth-order valence-corrected chi connectivity index (χ4v) is 4.22. The maximum absolute atomic E-state index is 11.9. The summed E-state index contributed by atoms with van der Waals surface area (Å²) in [5, 5.41) is 3.31. The van der Waals surface area contributed by atoms with Crippen molar-refractivity contribution in [2.24, 2.45) is 0 Å². The zero-order chi connectivity index (χ0) is 10.2. The van der Waals surface area contributed by atoms with Gasteiger partial charge in [-0.2, -0.15) is 4.31 Å². The standard InChI is InChI=1S/C9H18N2O2S/c1-2-3-4-14(12,13)11-7-8-5-9(11)6-10-8/h8-10H,2-7H2,1H3/t8-,9-/m1/s1. The third-order valence-electron chi connectivity index (χ3n) is 3.12. The lowest BCUT2D eigenvalue weighted by Gasteiger charge is -2.26. The first-order chi connectivity index (χ1) is 6.63. The van der Waals surface area contributed by atoms with Crippen LogP contribution in [0.3, 0.4) is 0 Å². The van der Waals surface area contributed by atoms with Crippen LogP contribution < -0.4 is 5.32 Å². The highest BCUT2D eigenvalue weighted by molar-refractivity contribution is 7.89. The molecule has 0 radical (unpaired) electrons. The van der Waals surface area contributed by atoms with E-state index in [1.807, 2.05) is 6.92 Å². The summed E-state index contributed by atoms with van der Waals surface area (Å²) >= 11 is 0. The van der Waals surface area contributed by atoms with E-state index in [0.29, 0.717) is 18.3 Å². The Kier molecular flexibility index (Phi) is 2.81. The van der Waals surface area contributed by atoms with Crippen LogP contribution >= 0.6 is 0 Å². The minimum atomic E-state index is -2.96. The van der Waals surface area contributed by atoms with Gasteiger partial charge in [-0.15, -0.1) is 0 Å². The van der Waals surface area contributed by atoms with Gasteiger partial charge in [0.2, 0.25) is 10.0 Å². The fraction of sp³-hybridized carbons (Fsp3) is 1.00. The van der Waals surface area contributed by atoms with Crippen molar-refractivity contribution in [2.45, 2.75) is 38.3 Å². The van der Waals surface area contributed by atoms with Crippen molar-refractivity contribution in [3.05, 3.63) is 0 Å². The molecule has 2 atom stereocenters. The lowest BCUT2D eigenvalue weighted by atomic mass is 10.2. The Hall–Kier alpha value is -0.130. The molecule has 4 nitrogen and oxygen atoms in total. The van der Waals surface area contributed by atoms with Crippen LogP contribution in [-0.4, -0.2) is 43.6 Å². The molecule has 0 aromatic heterocycles. The maximum atomic E-state index is 11.9. The van der Waals surface area contributed by atoms with Crippen LogP contribution in [0.4, 0.5) is 0 Å². The summed E-state index contributed by atoms with van der Waals surface area (Å²) in [5.74, 6) is 0.326. The van der Waals surface area contributed by atoms with Gasteiger partial charge >= 0.3 is 0 Å². The first-order valence-corrected chi connectivity index (χ1v) is 6.97. The molecule has 0 amide bonds. The van der Waals surface area contributed by atoms with E-state index < -0.39 is 10.0 Å². The molecule has 0 aromatic rings. The number of hydrogen-bond acceptors (Lipinski definition) is 3. The highest BCUT2D eigenvalue weighted by Gasteiger charge is 2.43. The van der Waals surface area contributed by atoms with Gasteiger partial charge in [0.1, 0.15) is 0 Å². The van der Waals surface area contributed by atoms with Gasteiger partial charge in [-0.1, -0.05) is 13.3 Å². The topological polar surface area (TPSA) is 49.4 Å². The van der Waals surface area contributed by atoms with E-state index in [2.05, 4.69) is 5.32 Å². The average molecular weight is 218 g/mol. The largest absolute Gasteiger partial charge is 0.311 e. The first-order valence-electron chi connectivity index (χ1n) is 5.36. The van der Waals surface area contributed by atoms with E-state index in [4.69, 9.17) is 0 Å². The van der Waals surface area contributed by atoms with Gasteiger partial charge in [0.15, 0.2) is 0 Å². The second-order valence-corrected chi connectivity index (χ2v) is 6.28. The van der Waals surface area contributed by atoms with Crippen molar-refractivity contribution in [3.63, 3.8) is 0 Å². The van der Waals surface area contributed by atoms with E-state index in [-0.39, 0.29) is 6.04 Å². The summed E-state index contributed by atoms with van der Waals surface area (Å²) in [6, 6.07) is 0.651. The van der Waals surface area contributed by atoms with Crippen LogP contribution in [0.25, 0.3) is 0 Å². The summed E-state index contributed by atoms with van der Waals surface area (Å²) in [6.07, 6.45) is 2.73. The molecule has 82 valence electrons. The van der Waals surface area contributed by atoms with Crippen molar-refractivity contribution in [1.29, 1.82) is 0 Å². The van der Waals surface area contributed by atoms with E-state index in [9.17, 15) is 8.42 Å². The second kappa shape index (κ2) is 3.79. The summed E-state index contributed by atoms with van der Waals surface area (Å²) in [6.45, 7) is 3.56. The van der Waals surface area contributed by atoms with Crippen molar-refractivity contribution in [3.8, 4) is 0 Å². The number of fused-ring (bicyclic) bond motifs is 2. The Morgan fingerprint density at radius 2 is 2.29 bits per heavy atom. The Labute approximate surface area is 85.7 Å². The molecule has 2 rings (SSSR count). The van der Waals surface area contributed by atoms with Gasteiger partial charge < -0.3 is 5.32 Å². The molecule has 2 saturated heterocycles. The molecule has 5 heteroatoms. The molecule has 0 saturated carbocycles. The lowest BCUT2D eigenvalue weighted by molar-refractivity contribution is 0.348. The minimum Gasteiger partial charge on any atom is -0.311 e. The number of nitrogens with one attached hydrogen (secondary N) is 1. The van der Waals surface area contributed by atoms with Crippen LogP contribution in [0.1, 0.15) is 26.2 Å². The van der Waals surface area contributed by atoms with E-state index >= 15 is 0 Å². The zero-order valence-electron chi connectivity index (χ0n) is 8.57. The van der Waals surface area contributed by atoms with Crippen LogP contribution in [0.5, 0.6) is 0 Å². The van der Waals surface area contributed by atoms with Gasteiger partial charge in [-0.25, -0.2) is 8.42 Å². The Balaban J connectivity index is 2.01. The third-order valence-corrected chi connectivity index (χ3v) is 5.09. The molecule has 0 unspecified atom stereocenters. The number of unbranched alkanes of at least 4 members (excludes halogenated alkanes) is 1. The summed E-state index contributed by atoms with van der Waals surface area (Å²) in [5.41, 5.74) is 0. The second-order valence-electron chi connectivity index (χ2n) is 4.23. The Morgan fingerprint density at radius 1 is 1.50 bits per heavy atom. The predicted octanol–water partition coefficient (Wildman–Crippen LogP) is 0.162. The van der Waals surface area contributed by atoms with Gasteiger partial charge in [-0.3, -0.25) is 0 Å². The van der Waals surface area contributed by atoms with Crippen LogP contribution in [-0.2, 0) is 10.0 Å². The molecule has 14 heavy (non-hydrogen) atoms. The molecule has 0 aromatic carbocycles. The van der Waals surface area contributed by atoms with Crippen LogP contribution in [0.15, 0.2) is 0 Å². The van der Waals surface area contributed by atoms with E-state index in [1.165, 1.54) is 0 Å². The van der Waals surface area contributed by atoms with E-state index in [0.717, 1.165) is 25.8 Å². The van der Waals surface area contributed by atoms with E-state index in [1.54, 1.807) is 4.31 Å². The van der Waals surface area contributed by atoms with Gasteiger partial charge in [-0.05, 0) is 12.8 Å². The molecule has 1 N–H and O–H groups in total. The van der Waals surface area contributed by atoms with Gasteiger partial charge in [0.25, 0.3) is 0 Å². The Morgan fingerprint density at radius 3 is 2.79 bits per heavy atom. The summed E-state index contributed by atoms with van der Waals surface area (Å²) < 4.78 is 25.5. The molecule has 2 aliphatic heterocycles. The third kappa shape index (κ3) is 1.81. The molecule has 0 spiro atoms. The van der Waals surface area contributed by atoms with Crippen molar-refractivity contribution >= 4 is 10.0 Å². The number of piperazine rings is 1. The Bertz CT molecular complexity index is 302. The smallest absolute Gasteiger partial charge is 0.214 e. The zero-order valence-corrected chi connectivity index (χ0v) is 9.39. The predicted molar refractivity (Wildman–Crippen MR) is 55.6 cm³/mol. The minimum absolute atomic E-state index is 0.238. The molecule has 2 fully saturated rings. The monoisotopic (exact) mass is 218 g/mol. The summed E-state index contributed by atoms with van der Waals surface area (Å²) in [4.78, 5) is 0. The highest BCUT2D eigenvalue weighted by atomic mass is 32.2. The van der Waals surface area contributed by atoms with Crippen LogP contribution in [0, 0.1) is 0 Å². The lowest BCUT2D eigenvalue weighted by Crippen LogP contribution is -2.47. The van der Waals surface area contributed by atoms with Gasteiger partial charge in [0, 0.05) is 25.2 Å². The van der Waals surface area contributed by atoms with Crippen LogP contribution in [0.2, 0.25) is 0 Å². The molecular weight excluding hydrogens is 200 g/mol. The molecule has 0 aliphatic carbocycles. The van der Waals surface area contributed by atoms with Crippen molar-refractivity contribution < 1.29 is 8.42 Å². The maximum Gasteiger partial charge on any atom is 0.214 e. The molecule has 2 bridgehead atoms. The first kappa shape index (κ1) is 10.4. The number of nitrogens with zero attached hydrogens (tertiary/aromatic N) is 1. The molecule has 2 aliphatic rings. The van der Waals surface area contributed by atoms with Gasteiger partial charge in [0.05, 0.1) is 5.75 Å². The SMILES string of the molecule is CCCCS(=O)(=O)N1C[C@H]2C[C@@H]1CN2. The average Bonchev–Trinajstić information content (AvgIpc) is 2.75. The molecule has 2 heterocycles. The highest BCUT2D eigenvalue weighted by Crippen LogP contribution is 2.26. The van der Waals surface area contributed by atoms with Crippen molar-refractivity contribution in [1.82, 2.24) is 9.62 Å². The normalized spacial score (nSPS) is 32.6. The number of sulfonamides is 1. The number of rotatable bonds is 4. The number of hydrogen-bond donors (Lipinski definition) is 1. The summed E-state index contributed by atoms with van der Waals surface area (Å²) in [7, 11) is -2.96. The quantitative estimate of drug-likeness (QED) is 0.731. The molecular formula is C9H18N2O2S. The fourth-order valence-electron chi connectivity index (χ4n) is 2.31. The van der Waals surface area contributed by atoms with Crippen molar-refractivity contribution in [2.75, 3.05) is 18.8 Å².